The molecule has 1 N–H and O–H groups in total. The Bertz CT molecular complexity index is 439. The molecule has 1 heterocycles. The van der Waals surface area contributed by atoms with E-state index >= 15 is 0 Å². The fraction of sp³-hybridized carbons (Fsp3) is 0.333. The summed E-state index contributed by atoms with van der Waals surface area (Å²) in [5, 5.41) is 10.0. The Labute approximate surface area is 109 Å². The Hall–Kier alpha value is -1.32. The lowest BCUT2D eigenvalue weighted by molar-refractivity contribution is 0.168. The van der Waals surface area contributed by atoms with E-state index in [1.165, 1.54) is 0 Å². The third-order valence-corrected chi connectivity index (χ3v) is 3.24. The molecule has 0 amide bonds. The predicted molar refractivity (Wildman–Crippen MR) is 75.0 cm³/mol. The zero-order valence-corrected chi connectivity index (χ0v) is 10.8. The highest BCUT2D eigenvalue weighted by Gasteiger charge is 2.30. The Balaban J connectivity index is 2.09. The van der Waals surface area contributed by atoms with Crippen LogP contribution in [0.15, 0.2) is 54.0 Å². The second-order valence-corrected chi connectivity index (χ2v) is 4.64. The van der Waals surface area contributed by atoms with Crippen molar-refractivity contribution < 1.29 is 9.68 Å². The Morgan fingerprint density at radius 2 is 2.17 bits per heavy atom. The molecule has 2 nitrogen and oxygen atoms in total. The molecule has 1 atom stereocenters. The van der Waals surface area contributed by atoms with Crippen LogP contribution in [0, 0.1) is 0 Å². The van der Waals surface area contributed by atoms with E-state index in [-0.39, 0.29) is 6.10 Å². The Morgan fingerprint density at radius 3 is 2.78 bits per heavy atom. The van der Waals surface area contributed by atoms with E-state index in [1.54, 1.807) is 0 Å². The van der Waals surface area contributed by atoms with E-state index in [1.807, 2.05) is 30.3 Å². The Kier molecular flexibility index (Phi) is 4.40. The summed E-state index contributed by atoms with van der Waals surface area (Å²) in [5.41, 5.74) is 2.94. The average Bonchev–Trinajstić information content (AvgIpc) is 2.40. The zero-order chi connectivity index (χ0) is 13.0. The molecule has 0 saturated carbocycles. The van der Waals surface area contributed by atoms with E-state index in [9.17, 15) is 5.02 Å². The van der Waals surface area contributed by atoms with Gasteiger partial charge < -0.3 is 9.68 Å². The first-order valence-electron chi connectivity index (χ1n) is 6.49. The molecule has 2 rings (SSSR count). The summed E-state index contributed by atoms with van der Waals surface area (Å²) in [5.74, 6) is 0. The van der Waals surface area contributed by atoms with Crippen molar-refractivity contribution in [3.05, 3.63) is 59.6 Å². The minimum absolute atomic E-state index is 0.0561. The van der Waals surface area contributed by atoms with Gasteiger partial charge in [-0.15, -0.1) is 0 Å². The van der Waals surface area contributed by atoms with Crippen LogP contribution < -0.4 is 0 Å². The molecule has 0 saturated heterocycles. The first-order chi connectivity index (χ1) is 8.72. The standard InChI is InChI=1S/C15H19BO2/c1-3-7-12(2)14-10-11-15(18-16(14)17)13-8-5-4-6-9-13/h4-6,8-10,15,17H,2-3,7,11H2,1H3. The normalized spacial score (nSPS) is 19.6. The van der Waals surface area contributed by atoms with Gasteiger partial charge in [0, 0.05) is 0 Å². The highest BCUT2D eigenvalue weighted by atomic mass is 16.5. The van der Waals surface area contributed by atoms with Crippen LogP contribution in [0.2, 0.25) is 0 Å². The van der Waals surface area contributed by atoms with Gasteiger partial charge >= 0.3 is 7.12 Å². The largest absolute Gasteiger partial charge is 0.491 e. The molecule has 1 aromatic carbocycles. The van der Waals surface area contributed by atoms with Crippen LogP contribution in [0.3, 0.4) is 0 Å². The molecule has 1 aromatic rings. The molecule has 1 unspecified atom stereocenters. The lowest BCUT2D eigenvalue weighted by Crippen LogP contribution is -2.28. The van der Waals surface area contributed by atoms with Gasteiger partial charge in [0.15, 0.2) is 0 Å². The van der Waals surface area contributed by atoms with Crippen molar-refractivity contribution in [1.29, 1.82) is 0 Å². The SMILES string of the molecule is C=C(CCC)C1=CCC(c2ccccc2)OB1O. The van der Waals surface area contributed by atoms with Crippen molar-refractivity contribution in [1.82, 2.24) is 0 Å². The van der Waals surface area contributed by atoms with Crippen LogP contribution in [-0.2, 0) is 4.65 Å². The molecule has 0 aliphatic carbocycles. The van der Waals surface area contributed by atoms with Crippen LogP contribution in [0.4, 0.5) is 0 Å². The summed E-state index contributed by atoms with van der Waals surface area (Å²) in [7, 11) is -0.844. The molecular formula is C15H19BO2. The zero-order valence-electron chi connectivity index (χ0n) is 10.8. The second-order valence-electron chi connectivity index (χ2n) is 4.64. The minimum atomic E-state index is -0.844. The van der Waals surface area contributed by atoms with E-state index in [0.29, 0.717) is 0 Å². The molecular weight excluding hydrogens is 223 g/mol. The predicted octanol–water partition coefficient (Wildman–Crippen LogP) is 3.45. The summed E-state index contributed by atoms with van der Waals surface area (Å²) in [6.45, 7) is 6.11. The fourth-order valence-corrected chi connectivity index (χ4v) is 2.27. The lowest BCUT2D eigenvalue weighted by Gasteiger charge is -2.26. The third-order valence-electron chi connectivity index (χ3n) is 3.24. The van der Waals surface area contributed by atoms with E-state index in [0.717, 1.165) is 35.9 Å². The highest BCUT2D eigenvalue weighted by molar-refractivity contribution is 6.54. The molecule has 0 radical (unpaired) electrons. The van der Waals surface area contributed by atoms with Crippen molar-refractivity contribution in [2.75, 3.05) is 0 Å². The number of rotatable bonds is 4. The van der Waals surface area contributed by atoms with Gasteiger partial charge in [0.2, 0.25) is 0 Å². The van der Waals surface area contributed by atoms with Crippen LogP contribution in [0.1, 0.15) is 37.9 Å². The molecule has 3 heteroatoms. The quantitative estimate of drug-likeness (QED) is 0.819. The maximum absolute atomic E-state index is 10.0. The molecule has 0 spiro atoms. The molecule has 1 aliphatic rings. The molecule has 0 aromatic heterocycles. The van der Waals surface area contributed by atoms with Crippen LogP contribution in [0.5, 0.6) is 0 Å². The fourth-order valence-electron chi connectivity index (χ4n) is 2.27. The second kappa shape index (κ2) is 6.03. The van der Waals surface area contributed by atoms with Gasteiger partial charge in [0.05, 0.1) is 6.10 Å². The van der Waals surface area contributed by atoms with Crippen molar-refractivity contribution in [3.8, 4) is 0 Å². The van der Waals surface area contributed by atoms with E-state index in [4.69, 9.17) is 4.65 Å². The smallest absolute Gasteiger partial charge is 0.423 e. The van der Waals surface area contributed by atoms with Crippen LogP contribution in [0.25, 0.3) is 0 Å². The summed E-state index contributed by atoms with van der Waals surface area (Å²) >= 11 is 0. The first kappa shape index (κ1) is 13.1. The number of hydrogen-bond acceptors (Lipinski definition) is 2. The third kappa shape index (κ3) is 2.92. The van der Waals surface area contributed by atoms with Gasteiger partial charge in [-0.3, -0.25) is 0 Å². The van der Waals surface area contributed by atoms with E-state index in [2.05, 4.69) is 19.6 Å². The highest BCUT2D eigenvalue weighted by Crippen LogP contribution is 2.31. The summed E-state index contributed by atoms with van der Waals surface area (Å²) in [6.07, 6.45) is 4.73. The maximum Gasteiger partial charge on any atom is 0.491 e. The van der Waals surface area contributed by atoms with Crippen LogP contribution >= 0.6 is 0 Å². The Morgan fingerprint density at radius 1 is 1.44 bits per heavy atom. The van der Waals surface area contributed by atoms with Crippen molar-refractivity contribution in [3.63, 3.8) is 0 Å². The van der Waals surface area contributed by atoms with Gasteiger partial charge in [-0.2, -0.15) is 0 Å². The van der Waals surface area contributed by atoms with Gasteiger partial charge in [-0.25, -0.2) is 0 Å². The molecule has 1 aliphatic heterocycles. The summed E-state index contributed by atoms with van der Waals surface area (Å²) < 4.78 is 5.68. The summed E-state index contributed by atoms with van der Waals surface area (Å²) in [4.78, 5) is 0. The van der Waals surface area contributed by atoms with Gasteiger partial charge in [-0.05, 0) is 23.9 Å². The minimum Gasteiger partial charge on any atom is -0.423 e. The number of hydrogen-bond donors (Lipinski definition) is 1. The van der Waals surface area contributed by atoms with Gasteiger partial charge in [-0.1, -0.05) is 61.9 Å². The molecule has 94 valence electrons. The first-order valence-corrected chi connectivity index (χ1v) is 6.49. The number of benzene rings is 1. The topological polar surface area (TPSA) is 29.5 Å². The molecule has 0 fully saturated rings. The molecule has 0 bridgehead atoms. The van der Waals surface area contributed by atoms with E-state index < -0.39 is 7.12 Å². The van der Waals surface area contributed by atoms with Crippen molar-refractivity contribution in [2.45, 2.75) is 32.3 Å². The lowest BCUT2D eigenvalue weighted by atomic mass is 9.70. The van der Waals surface area contributed by atoms with Gasteiger partial charge in [0.1, 0.15) is 0 Å². The van der Waals surface area contributed by atoms with Gasteiger partial charge in [0.25, 0.3) is 0 Å². The number of allylic oxidation sites excluding steroid dienone is 2. The van der Waals surface area contributed by atoms with Crippen molar-refractivity contribution in [2.24, 2.45) is 0 Å². The average molecular weight is 242 g/mol. The maximum atomic E-state index is 10.0. The summed E-state index contributed by atoms with van der Waals surface area (Å²) in [6, 6.07) is 10.0. The van der Waals surface area contributed by atoms with Crippen LogP contribution in [-0.4, -0.2) is 12.1 Å². The van der Waals surface area contributed by atoms with Crippen molar-refractivity contribution >= 4 is 7.12 Å². The monoisotopic (exact) mass is 242 g/mol. The molecule has 18 heavy (non-hydrogen) atoms.